The van der Waals surface area contributed by atoms with Crippen LogP contribution in [-0.4, -0.2) is 24.4 Å². The first-order valence-electron chi connectivity index (χ1n) is 6.89. The Hall–Kier alpha value is -1.91. The zero-order valence-electron chi connectivity index (χ0n) is 11.7. The number of benzene rings is 1. The monoisotopic (exact) mass is 278 g/mol. The molecule has 1 N–H and O–H groups in total. The van der Waals surface area contributed by atoms with Crippen molar-refractivity contribution in [3.63, 3.8) is 0 Å². The minimum Gasteiger partial charge on any atom is -0.344 e. The standard InChI is InChI=1S/C15H19FN2O2/c1-3-10(2)14-15(20)18(8-7-13(19)17-14)12-6-4-5-11(16)9-12/h4-6,9-10,14H,3,7-8H2,1-2H3,(H,17,19). The number of hydrogen-bond donors (Lipinski definition) is 1. The lowest BCUT2D eigenvalue weighted by atomic mass is 9.98. The van der Waals surface area contributed by atoms with Crippen molar-refractivity contribution in [2.45, 2.75) is 32.7 Å². The smallest absolute Gasteiger partial charge is 0.249 e. The highest BCUT2D eigenvalue weighted by atomic mass is 19.1. The molecule has 2 amide bonds. The van der Waals surface area contributed by atoms with Gasteiger partial charge in [-0.25, -0.2) is 4.39 Å². The molecule has 2 rings (SSSR count). The van der Waals surface area contributed by atoms with Crippen molar-refractivity contribution in [3.05, 3.63) is 30.1 Å². The highest BCUT2D eigenvalue weighted by molar-refractivity contribution is 6.01. The van der Waals surface area contributed by atoms with Crippen LogP contribution in [0.25, 0.3) is 0 Å². The number of amides is 2. The van der Waals surface area contributed by atoms with E-state index in [0.717, 1.165) is 6.42 Å². The van der Waals surface area contributed by atoms with Gasteiger partial charge in [-0.15, -0.1) is 0 Å². The zero-order chi connectivity index (χ0) is 14.7. The van der Waals surface area contributed by atoms with Gasteiger partial charge >= 0.3 is 0 Å². The average Bonchev–Trinajstić information content (AvgIpc) is 2.58. The fraction of sp³-hybridized carbons (Fsp3) is 0.467. The molecule has 0 saturated carbocycles. The largest absolute Gasteiger partial charge is 0.344 e. The maximum absolute atomic E-state index is 13.3. The lowest BCUT2D eigenvalue weighted by Gasteiger charge is -2.27. The van der Waals surface area contributed by atoms with Crippen LogP contribution in [0.1, 0.15) is 26.7 Å². The van der Waals surface area contributed by atoms with E-state index in [1.54, 1.807) is 12.1 Å². The van der Waals surface area contributed by atoms with E-state index < -0.39 is 6.04 Å². The normalized spacial score (nSPS) is 21.4. The summed E-state index contributed by atoms with van der Waals surface area (Å²) in [6.07, 6.45) is 1.02. The van der Waals surface area contributed by atoms with Gasteiger partial charge in [0.1, 0.15) is 11.9 Å². The summed E-state index contributed by atoms with van der Waals surface area (Å²) in [6.45, 7) is 4.18. The lowest BCUT2D eigenvalue weighted by molar-refractivity contribution is -0.126. The van der Waals surface area contributed by atoms with Crippen LogP contribution in [-0.2, 0) is 9.59 Å². The van der Waals surface area contributed by atoms with Crippen LogP contribution in [0, 0.1) is 11.7 Å². The SMILES string of the molecule is CCC(C)C1NC(=O)CCN(c2cccc(F)c2)C1=O. The molecule has 0 spiro atoms. The minimum atomic E-state index is -0.543. The van der Waals surface area contributed by atoms with Gasteiger partial charge in [0.25, 0.3) is 0 Å². The van der Waals surface area contributed by atoms with E-state index in [1.165, 1.54) is 17.0 Å². The van der Waals surface area contributed by atoms with E-state index in [4.69, 9.17) is 0 Å². The number of rotatable bonds is 3. The third-order valence-electron chi connectivity index (χ3n) is 3.74. The third kappa shape index (κ3) is 2.98. The first kappa shape index (κ1) is 14.5. The quantitative estimate of drug-likeness (QED) is 0.920. The van der Waals surface area contributed by atoms with Crippen LogP contribution in [0.5, 0.6) is 0 Å². The van der Waals surface area contributed by atoms with E-state index in [0.29, 0.717) is 5.69 Å². The molecule has 2 atom stereocenters. The maximum Gasteiger partial charge on any atom is 0.249 e. The van der Waals surface area contributed by atoms with Crippen molar-refractivity contribution in [1.29, 1.82) is 0 Å². The van der Waals surface area contributed by atoms with E-state index in [9.17, 15) is 14.0 Å². The van der Waals surface area contributed by atoms with Gasteiger partial charge in [0.05, 0.1) is 0 Å². The maximum atomic E-state index is 13.3. The van der Waals surface area contributed by atoms with Crippen LogP contribution >= 0.6 is 0 Å². The summed E-state index contributed by atoms with van der Waals surface area (Å²) in [5, 5.41) is 2.77. The molecule has 2 unspecified atom stereocenters. The molecule has 1 fully saturated rings. The Morgan fingerprint density at radius 2 is 2.20 bits per heavy atom. The molecule has 1 aliphatic rings. The second-order valence-electron chi connectivity index (χ2n) is 5.15. The summed E-state index contributed by atoms with van der Waals surface area (Å²) in [7, 11) is 0. The minimum absolute atomic E-state index is 0.0422. The summed E-state index contributed by atoms with van der Waals surface area (Å²) < 4.78 is 13.3. The summed E-state index contributed by atoms with van der Waals surface area (Å²) in [6, 6.07) is 5.36. The van der Waals surface area contributed by atoms with E-state index in [-0.39, 0.29) is 36.5 Å². The fourth-order valence-electron chi connectivity index (χ4n) is 2.32. The average molecular weight is 278 g/mol. The van der Waals surface area contributed by atoms with E-state index in [1.807, 2.05) is 13.8 Å². The van der Waals surface area contributed by atoms with Gasteiger partial charge in [0.15, 0.2) is 0 Å². The van der Waals surface area contributed by atoms with Crippen molar-refractivity contribution >= 4 is 17.5 Å². The Labute approximate surface area is 118 Å². The van der Waals surface area contributed by atoms with Crippen LogP contribution in [0.4, 0.5) is 10.1 Å². The van der Waals surface area contributed by atoms with Crippen molar-refractivity contribution < 1.29 is 14.0 Å². The molecule has 0 aromatic heterocycles. The van der Waals surface area contributed by atoms with Gasteiger partial charge in [0.2, 0.25) is 11.8 Å². The van der Waals surface area contributed by atoms with Gasteiger partial charge < -0.3 is 10.2 Å². The predicted octanol–water partition coefficient (Wildman–Crippen LogP) is 2.09. The van der Waals surface area contributed by atoms with Crippen molar-refractivity contribution in [1.82, 2.24) is 5.32 Å². The van der Waals surface area contributed by atoms with E-state index in [2.05, 4.69) is 5.32 Å². The Balaban J connectivity index is 2.32. The number of carbonyl (C=O) groups is 2. The van der Waals surface area contributed by atoms with Crippen molar-refractivity contribution in [2.75, 3.05) is 11.4 Å². The highest BCUT2D eigenvalue weighted by Crippen LogP contribution is 2.21. The topological polar surface area (TPSA) is 49.4 Å². The van der Waals surface area contributed by atoms with Crippen LogP contribution < -0.4 is 10.2 Å². The molecule has 4 nitrogen and oxygen atoms in total. The molecule has 0 aliphatic carbocycles. The molecule has 1 heterocycles. The molecular formula is C15H19FN2O2. The fourth-order valence-corrected chi connectivity index (χ4v) is 2.32. The molecule has 0 bridgehead atoms. The first-order chi connectivity index (χ1) is 9.52. The number of carbonyl (C=O) groups excluding carboxylic acids is 2. The van der Waals surface area contributed by atoms with Crippen LogP contribution in [0.3, 0.4) is 0 Å². The predicted molar refractivity (Wildman–Crippen MR) is 74.8 cm³/mol. The zero-order valence-corrected chi connectivity index (χ0v) is 11.7. The Morgan fingerprint density at radius 1 is 1.45 bits per heavy atom. The number of nitrogens with zero attached hydrogens (tertiary/aromatic N) is 1. The molecule has 5 heteroatoms. The molecule has 1 aromatic carbocycles. The number of halogens is 1. The van der Waals surface area contributed by atoms with Crippen LogP contribution in [0.15, 0.2) is 24.3 Å². The molecular weight excluding hydrogens is 259 g/mol. The Kier molecular flexibility index (Phi) is 4.37. The molecule has 1 aromatic rings. The number of nitrogens with one attached hydrogen (secondary N) is 1. The molecule has 20 heavy (non-hydrogen) atoms. The number of hydrogen-bond acceptors (Lipinski definition) is 2. The van der Waals surface area contributed by atoms with Gasteiger partial charge in [0, 0.05) is 18.7 Å². The van der Waals surface area contributed by atoms with Crippen molar-refractivity contribution in [3.8, 4) is 0 Å². The third-order valence-corrected chi connectivity index (χ3v) is 3.74. The molecule has 1 saturated heterocycles. The Morgan fingerprint density at radius 3 is 2.85 bits per heavy atom. The summed E-state index contributed by atoms with van der Waals surface area (Å²) in [5.74, 6) is -0.655. The summed E-state index contributed by atoms with van der Waals surface area (Å²) >= 11 is 0. The summed E-state index contributed by atoms with van der Waals surface area (Å²) in [4.78, 5) is 25.8. The van der Waals surface area contributed by atoms with Gasteiger partial charge in [-0.2, -0.15) is 0 Å². The second-order valence-corrected chi connectivity index (χ2v) is 5.15. The molecule has 0 radical (unpaired) electrons. The van der Waals surface area contributed by atoms with Gasteiger partial charge in [-0.3, -0.25) is 9.59 Å². The molecule has 108 valence electrons. The number of anilines is 1. The van der Waals surface area contributed by atoms with Crippen molar-refractivity contribution in [2.24, 2.45) is 5.92 Å². The highest BCUT2D eigenvalue weighted by Gasteiger charge is 2.33. The molecule has 1 aliphatic heterocycles. The van der Waals surface area contributed by atoms with Gasteiger partial charge in [-0.05, 0) is 24.1 Å². The second kappa shape index (κ2) is 6.03. The summed E-state index contributed by atoms with van der Waals surface area (Å²) in [5.41, 5.74) is 0.500. The lowest BCUT2D eigenvalue weighted by Crippen LogP contribution is -2.48. The van der Waals surface area contributed by atoms with Gasteiger partial charge in [-0.1, -0.05) is 26.3 Å². The van der Waals surface area contributed by atoms with Crippen LogP contribution in [0.2, 0.25) is 0 Å². The first-order valence-corrected chi connectivity index (χ1v) is 6.89. The van der Waals surface area contributed by atoms with E-state index >= 15 is 0 Å². The Bertz CT molecular complexity index is 518.